The monoisotopic (exact) mass is 1110 g/mol. The van der Waals surface area contributed by atoms with Gasteiger partial charge in [-0.2, -0.15) is 0 Å². The van der Waals surface area contributed by atoms with E-state index in [2.05, 4.69) is 109 Å². The molecular formula is C59H79BBrF4NO9. The molecule has 0 unspecified atom stereocenters. The highest BCUT2D eigenvalue weighted by Gasteiger charge is 2.51. The van der Waals surface area contributed by atoms with E-state index in [0.717, 1.165) is 60.5 Å². The van der Waals surface area contributed by atoms with E-state index in [1.54, 1.807) is 12.1 Å². The van der Waals surface area contributed by atoms with Crippen LogP contribution in [0.3, 0.4) is 0 Å². The first kappa shape index (κ1) is 62.8. The first-order valence-corrected chi connectivity index (χ1v) is 26.9. The van der Waals surface area contributed by atoms with E-state index in [1.165, 1.54) is 43.9 Å². The summed E-state index contributed by atoms with van der Waals surface area (Å²) >= 11 is 2.82. The first-order valence-electron chi connectivity index (χ1n) is 26.1. The van der Waals surface area contributed by atoms with E-state index in [0.29, 0.717) is 40.9 Å². The lowest BCUT2D eigenvalue weighted by atomic mass is 9.72. The zero-order chi connectivity index (χ0) is 55.9. The molecule has 2 aliphatic carbocycles. The van der Waals surface area contributed by atoms with E-state index < -0.39 is 40.8 Å². The number of unbranched alkanes of at least 4 members (excludes halogenated alkanes) is 1. The summed E-state index contributed by atoms with van der Waals surface area (Å²) < 4.78 is 79.2. The van der Waals surface area contributed by atoms with Gasteiger partial charge in [-0.3, -0.25) is 14.4 Å². The van der Waals surface area contributed by atoms with Crippen molar-refractivity contribution < 1.29 is 60.9 Å². The number of carbonyl (C=O) groups is 3. The van der Waals surface area contributed by atoms with E-state index in [4.69, 9.17) is 34.7 Å². The van der Waals surface area contributed by atoms with Gasteiger partial charge in [-0.15, -0.1) is 0 Å². The number of carboxylic acid groups (broad SMARTS) is 2. The summed E-state index contributed by atoms with van der Waals surface area (Å²) in [5.74, 6) is -1.35. The molecule has 0 radical (unpaired) electrons. The lowest BCUT2D eigenvalue weighted by Gasteiger charge is -2.37. The first-order chi connectivity index (χ1) is 35.1. The number of benzene rings is 4. The van der Waals surface area contributed by atoms with Crippen LogP contribution < -0.4 is 20.7 Å². The number of hydrogen-bond acceptors (Lipinski definition) is 8. The van der Waals surface area contributed by atoms with Crippen molar-refractivity contribution >= 4 is 46.7 Å². The minimum Gasteiger partial charge on any atom is -0.490 e. The number of aldehydes is 1. The largest absolute Gasteiger partial charge is 0.494 e. The van der Waals surface area contributed by atoms with Crippen LogP contribution in [0.5, 0.6) is 11.5 Å². The lowest BCUT2D eigenvalue weighted by Crippen LogP contribution is -2.41. The normalized spacial score (nSPS) is 20.0. The van der Waals surface area contributed by atoms with Crippen molar-refractivity contribution in [3.8, 4) is 22.6 Å². The standard InChI is InChI=1S/C27H34F2O3.C22H35BO3.C7H3BrF2O.C3H7NO2/c1-27(2,3)19-10-14-21(15-11-19)32-20-12-8-18(9-13-20)22-16-17-24(28)23(26(22)29)6-4-5-7-25(30)31;1-20(2,3)16-8-12-18(13-9-16)24-19-14-10-17(11-15-19)23-25-21(4,5)22(6,7)26-23;8-5-1-2-6(9)4(3-11)7(5)10;4-2-1-3(5)6/h8-9,12-13,16-17,19,21H,4-7,10-11,14-15H2,1-3H3,(H,30,31);10-11,14-16,18H,8-9,12-13H2,1-7H3;1-3H;1-2,4H2,(H,5,6). The van der Waals surface area contributed by atoms with Crippen LogP contribution in [-0.4, -0.2) is 65.5 Å². The van der Waals surface area contributed by atoms with Gasteiger partial charge in [-0.05, 0) is 196 Å². The third-order valence-electron chi connectivity index (χ3n) is 14.8. The van der Waals surface area contributed by atoms with Crippen molar-refractivity contribution in [3.63, 3.8) is 0 Å². The van der Waals surface area contributed by atoms with Crippen LogP contribution in [-0.2, 0) is 25.3 Å². The van der Waals surface area contributed by atoms with Gasteiger partial charge in [0.25, 0.3) is 0 Å². The van der Waals surface area contributed by atoms with Crippen LogP contribution in [0.15, 0.2) is 77.3 Å². The predicted octanol–water partition coefficient (Wildman–Crippen LogP) is 14.3. The molecule has 4 aromatic rings. The van der Waals surface area contributed by atoms with Gasteiger partial charge >= 0.3 is 19.1 Å². The summed E-state index contributed by atoms with van der Waals surface area (Å²) in [4.78, 5) is 30.3. The van der Waals surface area contributed by atoms with Gasteiger partial charge in [0.1, 0.15) is 29.0 Å². The number of carboxylic acids is 2. The number of aliphatic carboxylic acids is 2. The zero-order valence-corrected chi connectivity index (χ0v) is 47.1. The Morgan fingerprint density at radius 3 is 1.52 bits per heavy atom. The average Bonchev–Trinajstić information content (AvgIpc) is 3.56. The maximum atomic E-state index is 15.0. The predicted molar refractivity (Wildman–Crippen MR) is 292 cm³/mol. The van der Waals surface area contributed by atoms with Crippen LogP contribution in [0.25, 0.3) is 11.1 Å². The van der Waals surface area contributed by atoms with Crippen molar-refractivity contribution in [2.24, 2.45) is 28.4 Å². The van der Waals surface area contributed by atoms with E-state index in [9.17, 15) is 27.6 Å². The van der Waals surface area contributed by atoms with Crippen LogP contribution in [0.2, 0.25) is 0 Å². The molecule has 4 aromatic carbocycles. The van der Waals surface area contributed by atoms with E-state index >= 15 is 4.39 Å². The maximum absolute atomic E-state index is 15.0. The molecule has 0 spiro atoms. The summed E-state index contributed by atoms with van der Waals surface area (Å²) in [5, 5.41) is 16.6. The highest BCUT2D eigenvalue weighted by Crippen LogP contribution is 2.41. The number of ether oxygens (including phenoxy) is 2. The number of hydrogen-bond donors (Lipinski definition) is 3. The van der Waals surface area contributed by atoms with Crippen molar-refractivity contribution in [2.45, 2.75) is 176 Å². The second-order valence-electron chi connectivity index (χ2n) is 22.9. The lowest BCUT2D eigenvalue weighted by molar-refractivity contribution is -0.138. The Balaban J connectivity index is 0.000000251. The van der Waals surface area contributed by atoms with Gasteiger partial charge in [0.2, 0.25) is 0 Å². The topological polar surface area (TPSA) is 155 Å². The third-order valence-corrected chi connectivity index (χ3v) is 15.4. The van der Waals surface area contributed by atoms with Gasteiger partial charge in [0.15, 0.2) is 12.1 Å². The molecule has 0 atom stereocenters. The fourth-order valence-corrected chi connectivity index (χ4v) is 9.62. The molecule has 3 fully saturated rings. The minimum atomic E-state index is -0.899. The Morgan fingerprint density at radius 2 is 1.12 bits per heavy atom. The number of carbonyl (C=O) groups excluding carboxylic acids is 1. The molecule has 1 heterocycles. The molecule has 0 amide bonds. The maximum Gasteiger partial charge on any atom is 0.494 e. The van der Waals surface area contributed by atoms with Gasteiger partial charge in [0, 0.05) is 24.1 Å². The smallest absolute Gasteiger partial charge is 0.490 e. The van der Waals surface area contributed by atoms with Gasteiger partial charge < -0.3 is 34.7 Å². The Labute approximate surface area is 451 Å². The summed E-state index contributed by atoms with van der Waals surface area (Å²) in [7, 11) is -0.309. The van der Waals surface area contributed by atoms with Crippen molar-refractivity contribution in [1.82, 2.24) is 0 Å². The number of nitrogens with two attached hydrogens (primary N) is 1. The molecule has 16 heteroatoms. The second kappa shape index (κ2) is 28.0. The summed E-state index contributed by atoms with van der Waals surface area (Å²) in [6.07, 6.45) is 11.0. The molecule has 4 N–H and O–H groups in total. The van der Waals surface area contributed by atoms with Crippen molar-refractivity contribution in [3.05, 3.63) is 112 Å². The van der Waals surface area contributed by atoms with Gasteiger partial charge in [-0.1, -0.05) is 65.8 Å². The summed E-state index contributed by atoms with van der Waals surface area (Å²) in [6.45, 7) is 22.5. The molecule has 1 saturated heterocycles. The molecule has 75 heavy (non-hydrogen) atoms. The van der Waals surface area contributed by atoms with Crippen LogP contribution in [0.1, 0.15) is 162 Å². The minimum absolute atomic E-state index is 0.00223. The van der Waals surface area contributed by atoms with Crippen LogP contribution in [0, 0.1) is 45.9 Å². The van der Waals surface area contributed by atoms with Crippen LogP contribution in [0.4, 0.5) is 17.6 Å². The quantitative estimate of drug-likeness (QED) is 0.0365. The third kappa shape index (κ3) is 19.0. The van der Waals surface area contributed by atoms with Gasteiger partial charge in [-0.25, -0.2) is 17.6 Å². The molecule has 2 saturated carbocycles. The molecule has 1 aliphatic heterocycles. The van der Waals surface area contributed by atoms with E-state index in [-0.39, 0.29) is 66.6 Å². The summed E-state index contributed by atoms with van der Waals surface area (Å²) in [6, 6.07) is 20.5. The molecule has 412 valence electrons. The average molecular weight is 1110 g/mol. The highest BCUT2D eigenvalue weighted by molar-refractivity contribution is 9.10. The Morgan fingerprint density at radius 1 is 0.667 bits per heavy atom. The zero-order valence-electron chi connectivity index (χ0n) is 45.5. The van der Waals surface area contributed by atoms with E-state index in [1.807, 2.05) is 12.1 Å². The number of rotatable bonds is 14. The molecule has 0 bridgehead atoms. The molecule has 3 aliphatic rings. The van der Waals surface area contributed by atoms with Crippen molar-refractivity contribution in [2.75, 3.05) is 6.54 Å². The summed E-state index contributed by atoms with van der Waals surface area (Å²) in [5.41, 5.74) is 6.51. The Bertz CT molecular complexity index is 2450. The fourth-order valence-electron chi connectivity index (χ4n) is 9.28. The highest BCUT2D eigenvalue weighted by atomic mass is 79.9. The van der Waals surface area contributed by atoms with Gasteiger partial charge in [0.05, 0.1) is 39.9 Å². The fraction of sp³-hybridized carbons (Fsp3) is 0.542. The SMILES string of the molecule is CC(C)(C)C1CCC(Oc2ccc(-c3ccc(F)c(CCCCC(=O)O)c3F)cc2)CC1.CC(C)(C)C1CCC(Oc2ccc(B3OC(C)(C)C(C)(C)O3)cc2)CC1.NCCC(=O)O.O=Cc1c(F)ccc(Br)c1F. The second-order valence-corrected chi connectivity index (χ2v) is 23.7. The Kier molecular flexibility index (Phi) is 23.5. The molecule has 7 rings (SSSR count). The molecule has 0 aromatic heterocycles. The Hall–Kier alpha value is -4.77. The number of halogens is 5. The van der Waals surface area contributed by atoms with Crippen LogP contribution >= 0.6 is 15.9 Å². The molecular weight excluding hydrogens is 1030 g/mol. The van der Waals surface area contributed by atoms with Crippen molar-refractivity contribution in [1.29, 1.82) is 0 Å². The molecule has 10 nitrogen and oxygen atoms in total.